The number of hydrogen-bond donors (Lipinski definition) is 1. The second-order valence-electron chi connectivity index (χ2n) is 5.52. The summed E-state index contributed by atoms with van der Waals surface area (Å²) in [5.74, 6) is -0.630. The molecule has 0 aromatic heterocycles. The molecule has 0 bridgehead atoms. The molecule has 0 atom stereocenters. The molecule has 0 unspecified atom stereocenters. The molecular formula is C13H21N3O3. The van der Waals surface area contributed by atoms with Crippen LogP contribution in [0.5, 0.6) is 0 Å². The first-order chi connectivity index (χ1) is 8.99. The molecule has 6 nitrogen and oxygen atoms in total. The first-order valence-electron chi connectivity index (χ1n) is 6.87. The lowest BCUT2D eigenvalue weighted by Gasteiger charge is -2.34. The third-order valence-corrected chi connectivity index (χ3v) is 3.42. The monoisotopic (exact) mass is 267 g/mol. The fourth-order valence-corrected chi connectivity index (χ4v) is 2.19. The number of hydrogen-bond acceptors (Lipinski definition) is 3. The Kier molecular flexibility index (Phi) is 4.07. The lowest BCUT2D eigenvalue weighted by molar-refractivity contribution is -0.148. The van der Waals surface area contributed by atoms with Crippen molar-refractivity contribution < 1.29 is 14.4 Å². The molecule has 106 valence electrons. The first-order valence-corrected chi connectivity index (χ1v) is 6.87. The molecule has 1 saturated carbocycles. The standard InChI is InChI=1S/C13H21N3O3/c1-9(2)14-11(17)13(19)16-7-5-15(6-8-16)12(18)10-3-4-10/h9-10H,3-8H2,1-2H3,(H,14,17). The smallest absolute Gasteiger partial charge is 0.312 e. The third-order valence-electron chi connectivity index (χ3n) is 3.42. The summed E-state index contributed by atoms with van der Waals surface area (Å²) < 4.78 is 0. The van der Waals surface area contributed by atoms with E-state index < -0.39 is 11.8 Å². The molecule has 1 aliphatic carbocycles. The van der Waals surface area contributed by atoms with E-state index in [1.807, 2.05) is 18.7 Å². The highest BCUT2D eigenvalue weighted by molar-refractivity contribution is 6.35. The van der Waals surface area contributed by atoms with Gasteiger partial charge in [0.1, 0.15) is 0 Å². The zero-order chi connectivity index (χ0) is 14.0. The molecule has 0 radical (unpaired) electrons. The maximum atomic E-state index is 11.9. The Morgan fingerprint density at radius 2 is 1.53 bits per heavy atom. The zero-order valence-electron chi connectivity index (χ0n) is 11.5. The molecule has 1 N–H and O–H groups in total. The minimum absolute atomic E-state index is 0.0471. The summed E-state index contributed by atoms with van der Waals surface area (Å²) in [6, 6.07) is -0.0471. The van der Waals surface area contributed by atoms with E-state index in [1.165, 1.54) is 4.90 Å². The van der Waals surface area contributed by atoms with E-state index in [4.69, 9.17) is 0 Å². The summed E-state index contributed by atoms with van der Waals surface area (Å²) in [7, 11) is 0. The van der Waals surface area contributed by atoms with E-state index in [0.29, 0.717) is 26.2 Å². The van der Waals surface area contributed by atoms with Crippen LogP contribution in [0.2, 0.25) is 0 Å². The molecule has 0 aromatic carbocycles. The SMILES string of the molecule is CC(C)NC(=O)C(=O)N1CCN(C(=O)C2CC2)CC1. The van der Waals surface area contributed by atoms with Crippen LogP contribution in [0.4, 0.5) is 0 Å². The van der Waals surface area contributed by atoms with Gasteiger partial charge in [0.05, 0.1) is 0 Å². The van der Waals surface area contributed by atoms with E-state index in [0.717, 1.165) is 12.8 Å². The van der Waals surface area contributed by atoms with Crippen LogP contribution in [0.1, 0.15) is 26.7 Å². The van der Waals surface area contributed by atoms with Gasteiger partial charge in [-0.25, -0.2) is 0 Å². The molecule has 19 heavy (non-hydrogen) atoms. The van der Waals surface area contributed by atoms with E-state index in [2.05, 4.69) is 5.32 Å². The molecule has 3 amide bonds. The largest absolute Gasteiger partial charge is 0.346 e. The lowest BCUT2D eigenvalue weighted by atomic mass is 10.2. The van der Waals surface area contributed by atoms with E-state index in [1.54, 1.807) is 0 Å². The Morgan fingerprint density at radius 3 is 2.00 bits per heavy atom. The molecule has 0 aromatic rings. The van der Waals surface area contributed by atoms with Gasteiger partial charge in [0, 0.05) is 38.1 Å². The van der Waals surface area contributed by atoms with Gasteiger partial charge >= 0.3 is 11.8 Å². The number of amides is 3. The zero-order valence-corrected chi connectivity index (χ0v) is 11.5. The van der Waals surface area contributed by atoms with Gasteiger partial charge < -0.3 is 15.1 Å². The van der Waals surface area contributed by atoms with Crippen molar-refractivity contribution in [2.45, 2.75) is 32.7 Å². The summed E-state index contributed by atoms with van der Waals surface area (Å²) in [5.41, 5.74) is 0. The highest BCUT2D eigenvalue weighted by Crippen LogP contribution is 2.31. The van der Waals surface area contributed by atoms with Crippen LogP contribution < -0.4 is 5.32 Å². The summed E-state index contributed by atoms with van der Waals surface area (Å²) in [6.07, 6.45) is 1.99. The van der Waals surface area contributed by atoms with Gasteiger partial charge in [-0.05, 0) is 26.7 Å². The van der Waals surface area contributed by atoms with Crippen LogP contribution in [-0.4, -0.2) is 59.7 Å². The van der Waals surface area contributed by atoms with Crippen LogP contribution in [0, 0.1) is 5.92 Å². The van der Waals surface area contributed by atoms with Crippen LogP contribution in [0.15, 0.2) is 0 Å². The Balaban J connectivity index is 1.80. The van der Waals surface area contributed by atoms with Gasteiger partial charge in [0.2, 0.25) is 5.91 Å². The molecule has 0 spiro atoms. The fourth-order valence-electron chi connectivity index (χ4n) is 2.19. The van der Waals surface area contributed by atoms with Crippen LogP contribution in [0.25, 0.3) is 0 Å². The fraction of sp³-hybridized carbons (Fsp3) is 0.769. The number of nitrogens with one attached hydrogen (secondary N) is 1. The summed E-state index contributed by atoms with van der Waals surface area (Å²) in [6.45, 7) is 5.60. The van der Waals surface area contributed by atoms with E-state index in [-0.39, 0.29) is 17.9 Å². The van der Waals surface area contributed by atoms with E-state index >= 15 is 0 Å². The summed E-state index contributed by atoms with van der Waals surface area (Å²) >= 11 is 0. The molecule has 1 saturated heterocycles. The third kappa shape index (κ3) is 3.45. The van der Waals surface area contributed by atoms with Crippen LogP contribution >= 0.6 is 0 Å². The van der Waals surface area contributed by atoms with Crippen molar-refractivity contribution in [3.8, 4) is 0 Å². The number of piperazine rings is 1. The minimum Gasteiger partial charge on any atom is -0.346 e. The number of nitrogens with zero attached hydrogens (tertiary/aromatic N) is 2. The van der Waals surface area contributed by atoms with E-state index in [9.17, 15) is 14.4 Å². The summed E-state index contributed by atoms with van der Waals surface area (Å²) in [4.78, 5) is 38.7. The maximum absolute atomic E-state index is 11.9. The molecule has 1 aliphatic heterocycles. The Morgan fingerprint density at radius 1 is 1.00 bits per heavy atom. The van der Waals surface area contributed by atoms with Crippen molar-refractivity contribution in [3.05, 3.63) is 0 Å². The highest BCUT2D eigenvalue weighted by atomic mass is 16.2. The predicted octanol–water partition coefficient (Wildman–Crippen LogP) is -0.408. The highest BCUT2D eigenvalue weighted by Gasteiger charge is 2.35. The molecule has 2 aliphatic rings. The van der Waals surface area contributed by atoms with Gasteiger partial charge in [0.25, 0.3) is 0 Å². The second-order valence-corrected chi connectivity index (χ2v) is 5.52. The first kappa shape index (κ1) is 13.8. The summed E-state index contributed by atoms with van der Waals surface area (Å²) in [5, 5.41) is 2.59. The molecular weight excluding hydrogens is 246 g/mol. The number of carbonyl (C=O) groups excluding carboxylic acids is 3. The maximum Gasteiger partial charge on any atom is 0.312 e. The normalized spacial score (nSPS) is 19.5. The minimum atomic E-state index is -0.558. The van der Waals surface area contributed by atoms with Crippen molar-refractivity contribution in [1.29, 1.82) is 0 Å². The molecule has 1 heterocycles. The Hall–Kier alpha value is -1.59. The van der Waals surface area contributed by atoms with Crippen molar-refractivity contribution in [2.75, 3.05) is 26.2 Å². The van der Waals surface area contributed by atoms with Gasteiger partial charge in [-0.2, -0.15) is 0 Å². The van der Waals surface area contributed by atoms with Gasteiger partial charge in [-0.3, -0.25) is 14.4 Å². The quantitative estimate of drug-likeness (QED) is 0.692. The average Bonchev–Trinajstić information content (AvgIpc) is 3.20. The molecule has 2 rings (SSSR count). The number of rotatable bonds is 2. The van der Waals surface area contributed by atoms with Crippen LogP contribution in [0.3, 0.4) is 0 Å². The molecule has 2 fully saturated rings. The average molecular weight is 267 g/mol. The van der Waals surface area contributed by atoms with Gasteiger partial charge in [-0.15, -0.1) is 0 Å². The van der Waals surface area contributed by atoms with Crippen molar-refractivity contribution >= 4 is 17.7 Å². The van der Waals surface area contributed by atoms with Gasteiger partial charge in [0.15, 0.2) is 0 Å². The van der Waals surface area contributed by atoms with Crippen molar-refractivity contribution in [2.24, 2.45) is 5.92 Å². The van der Waals surface area contributed by atoms with Gasteiger partial charge in [-0.1, -0.05) is 0 Å². The van der Waals surface area contributed by atoms with Crippen molar-refractivity contribution in [3.63, 3.8) is 0 Å². The lowest BCUT2D eigenvalue weighted by Crippen LogP contribution is -2.54. The topological polar surface area (TPSA) is 69.7 Å². The Bertz CT molecular complexity index is 383. The number of carbonyl (C=O) groups is 3. The Labute approximate surface area is 113 Å². The predicted molar refractivity (Wildman–Crippen MR) is 69.2 cm³/mol. The van der Waals surface area contributed by atoms with Crippen molar-refractivity contribution in [1.82, 2.24) is 15.1 Å². The molecule has 6 heteroatoms. The van der Waals surface area contributed by atoms with Crippen LogP contribution in [-0.2, 0) is 14.4 Å². The second kappa shape index (κ2) is 5.59.